The van der Waals surface area contributed by atoms with Crippen molar-refractivity contribution in [1.82, 2.24) is 31.5 Å². The van der Waals surface area contributed by atoms with Crippen molar-refractivity contribution in [3.8, 4) is 0 Å². The number of hydrogen-bond acceptors (Lipinski definition) is 9. The maximum Gasteiger partial charge on any atom is 0.220 e. The lowest BCUT2D eigenvalue weighted by Crippen LogP contribution is -2.69. The van der Waals surface area contributed by atoms with E-state index in [-0.39, 0.29) is 53.9 Å². The van der Waals surface area contributed by atoms with Crippen molar-refractivity contribution in [2.24, 2.45) is 5.92 Å². The zero-order chi connectivity index (χ0) is 27.8. The molecule has 2 saturated heterocycles. The van der Waals surface area contributed by atoms with Gasteiger partial charge in [-0.05, 0) is 85.5 Å². The third kappa shape index (κ3) is 9.21. The minimum atomic E-state index is -0.327. The van der Waals surface area contributed by atoms with E-state index in [1.165, 1.54) is 0 Å². The fourth-order valence-corrected chi connectivity index (χ4v) is 7.21. The number of carbonyl (C=O) groups excluding carboxylic acids is 1. The minimum absolute atomic E-state index is 0.00346. The van der Waals surface area contributed by atoms with Crippen LogP contribution in [0.25, 0.3) is 0 Å². The Morgan fingerprint density at radius 2 is 1.92 bits per heavy atom. The highest BCUT2D eigenvalue weighted by Gasteiger charge is 2.44. The van der Waals surface area contributed by atoms with Crippen molar-refractivity contribution >= 4 is 17.5 Å². The quantitative estimate of drug-likeness (QED) is 0.188. The van der Waals surface area contributed by atoms with Gasteiger partial charge in [-0.15, -0.1) is 11.6 Å². The molecule has 39 heavy (non-hydrogen) atoms. The zero-order valence-electron chi connectivity index (χ0n) is 24.2. The molecule has 1 amide bonds. The van der Waals surface area contributed by atoms with Gasteiger partial charge in [0.15, 0.2) is 0 Å². The van der Waals surface area contributed by atoms with Gasteiger partial charge in [-0.2, -0.15) is 0 Å². The van der Waals surface area contributed by atoms with Crippen molar-refractivity contribution in [1.29, 1.82) is 0 Å². The molecule has 2 saturated carbocycles. The molecule has 0 aromatic heterocycles. The number of rotatable bonds is 12. The number of ether oxygens (including phenoxy) is 2. The standard InChI is InChI=1S/C28H53ClN6O4/c1-4-38-26-15-22-19(14-23(26)33-27(37)8-6-12-35(2)3)28(32-17-31-22)34-21-10-9-18(13-20(21)29)39-16-24-25(36)7-5-11-30-24/h18-26,28,30-32,34,36H,4-17H2,1-3H3,(H,33,37). The second kappa shape index (κ2) is 15.6. The van der Waals surface area contributed by atoms with E-state index >= 15 is 0 Å². The molecule has 0 aromatic carbocycles. The molecule has 4 aliphatic rings. The molecule has 2 aliphatic carbocycles. The highest BCUT2D eigenvalue weighted by atomic mass is 35.5. The molecule has 11 heteroatoms. The van der Waals surface area contributed by atoms with Gasteiger partial charge in [0.25, 0.3) is 0 Å². The Bertz CT molecular complexity index is 751. The van der Waals surface area contributed by atoms with Gasteiger partial charge in [0.1, 0.15) is 0 Å². The predicted molar refractivity (Wildman–Crippen MR) is 154 cm³/mol. The maximum absolute atomic E-state index is 12.8. The van der Waals surface area contributed by atoms with E-state index in [1.807, 2.05) is 21.0 Å². The lowest BCUT2D eigenvalue weighted by molar-refractivity contribution is -0.124. The normalized spacial score (nSPS) is 39.3. The van der Waals surface area contributed by atoms with Crippen LogP contribution in [0.1, 0.15) is 64.7 Å². The molecule has 10 atom stereocenters. The van der Waals surface area contributed by atoms with Crippen LogP contribution in [-0.2, 0) is 14.3 Å². The smallest absolute Gasteiger partial charge is 0.220 e. The minimum Gasteiger partial charge on any atom is -0.391 e. The molecule has 2 aliphatic heterocycles. The Morgan fingerprint density at radius 3 is 2.67 bits per heavy atom. The predicted octanol–water partition coefficient (Wildman–Crippen LogP) is 0.721. The first-order chi connectivity index (χ1) is 18.8. The Hall–Kier alpha value is -0.560. The third-order valence-electron chi connectivity index (χ3n) is 9.01. The average Bonchev–Trinajstić information content (AvgIpc) is 2.90. The van der Waals surface area contributed by atoms with Crippen LogP contribution < -0.4 is 26.6 Å². The van der Waals surface area contributed by atoms with E-state index in [0.29, 0.717) is 31.6 Å². The lowest BCUT2D eigenvalue weighted by Gasteiger charge is -2.49. The average molecular weight is 573 g/mol. The highest BCUT2D eigenvalue weighted by Crippen LogP contribution is 2.33. The van der Waals surface area contributed by atoms with Gasteiger partial charge in [-0.25, -0.2) is 0 Å². The summed E-state index contributed by atoms with van der Waals surface area (Å²) in [7, 11) is 4.07. The third-order valence-corrected chi connectivity index (χ3v) is 9.49. The highest BCUT2D eigenvalue weighted by molar-refractivity contribution is 6.21. The Balaban J connectivity index is 1.28. The van der Waals surface area contributed by atoms with Crippen LogP contribution in [0.15, 0.2) is 0 Å². The molecule has 10 nitrogen and oxygen atoms in total. The summed E-state index contributed by atoms with van der Waals surface area (Å²) in [5, 5.41) is 28.0. The summed E-state index contributed by atoms with van der Waals surface area (Å²) in [6.07, 6.45) is 7.64. The molecule has 226 valence electrons. The van der Waals surface area contributed by atoms with Crippen LogP contribution in [0, 0.1) is 5.92 Å². The molecule has 2 heterocycles. The second-order valence-electron chi connectivity index (χ2n) is 12.2. The number of amides is 1. The summed E-state index contributed by atoms with van der Waals surface area (Å²) >= 11 is 6.92. The molecular formula is C28H53ClN6O4. The largest absolute Gasteiger partial charge is 0.391 e. The van der Waals surface area contributed by atoms with Crippen molar-refractivity contribution in [3.05, 3.63) is 0 Å². The number of nitrogens with zero attached hydrogens (tertiary/aromatic N) is 1. The molecule has 0 aromatic rings. The Kier molecular flexibility index (Phi) is 12.6. The van der Waals surface area contributed by atoms with E-state index in [2.05, 4.69) is 31.5 Å². The first kappa shape index (κ1) is 31.4. The SMILES string of the molecule is CCOC1CC2NCNC(NC3CCC(OCC4NCCCC4O)CC3Cl)C2CC1NC(=O)CCCN(C)C. The molecular weight excluding hydrogens is 520 g/mol. The molecule has 4 fully saturated rings. The summed E-state index contributed by atoms with van der Waals surface area (Å²) in [6.45, 7) is 5.79. The summed E-state index contributed by atoms with van der Waals surface area (Å²) in [4.78, 5) is 14.9. The summed E-state index contributed by atoms with van der Waals surface area (Å²) in [5.41, 5.74) is 0. The van der Waals surface area contributed by atoms with Crippen LogP contribution in [0.3, 0.4) is 0 Å². The van der Waals surface area contributed by atoms with E-state index in [9.17, 15) is 9.90 Å². The Morgan fingerprint density at radius 1 is 1.08 bits per heavy atom. The number of nitrogens with one attached hydrogen (secondary N) is 5. The topological polar surface area (TPSA) is 119 Å². The van der Waals surface area contributed by atoms with E-state index < -0.39 is 0 Å². The van der Waals surface area contributed by atoms with Gasteiger partial charge < -0.3 is 35.4 Å². The van der Waals surface area contributed by atoms with Crippen LogP contribution in [0.4, 0.5) is 0 Å². The maximum atomic E-state index is 12.8. The van der Waals surface area contributed by atoms with Crippen LogP contribution in [0.5, 0.6) is 0 Å². The number of piperidine rings is 1. The van der Waals surface area contributed by atoms with E-state index in [1.54, 1.807) is 0 Å². The van der Waals surface area contributed by atoms with Gasteiger partial charge in [0.05, 0.1) is 48.5 Å². The molecule has 6 N–H and O–H groups in total. The summed E-state index contributed by atoms with van der Waals surface area (Å²) < 4.78 is 12.3. The first-order valence-corrected chi connectivity index (χ1v) is 15.7. The molecule has 0 bridgehead atoms. The van der Waals surface area contributed by atoms with Gasteiger partial charge in [-0.3, -0.25) is 15.4 Å². The second-order valence-corrected chi connectivity index (χ2v) is 12.8. The van der Waals surface area contributed by atoms with E-state index in [4.69, 9.17) is 21.1 Å². The number of aliphatic hydroxyl groups is 1. The van der Waals surface area contributed by atoms with Crippen LogP contribution in [0.2, 0.25) is 0 Å². The van der Waals surface area contributed by atoms with Gasteiger partial charge in [-0.1, -0.05) is 0 Å². The number of carbonyl (C=O) groups is 1. The van der Waals surface area contributed by atoms with Crippen molar-refractivity contribution in [2.45, 2.75) is 119 Å². The number of hydrogen-bond donors (Lipinski definition) is 6. The van der Waals surface area contributed by atoms with Gasteiger partial charge in [0, 0.05) is 37.7 Å². The summed E-state index contributed by atoms with van der Waals surface area (Å²) in [5.74, 6) is 0.431. The molecule has 4 rings (SSSR count). The number of alkyl halides is 1. The van der Waals surface area contributed by atoms with E-state index in [0.717, 1.165) is 71.1 Å². The fraction of sp³-hybridized carbons (Fsp3) is 0.964. The van der Waals surface area contributed by atoms with Gasteiger partial charge in [0.2, 0.25) is 5.91 Å². The molecule has 0 spiro atoms. The molecule has 10 unspecified atom stereocenters. The number of halogens is 1. The zero-order valence-corrected chi connectivity index (χ0v) is 24.9. The monoisotopic (exact) mass is 572 g/mol. The fourth-order valence-electron chi connectivity index (χ4n) is 6.82. The van der Waals surface area contributed by atoms with Crippen molar-refractivity contribution in [2.75, 3.05) is 47.1 Å². The number of aliphatic hydroxyl groups excluding tert-OH is 1. The molecule has 0 radical (unpaired) electrons. The first-order valence-electron chi connectivity index (χ1n) is 15.3. The summed E-state index contributed by atoms with van der Waals surface area (Å²) in [6, 6.07) is 0.547. The van der Waals surface area contributed by atoms with Gasteiger partial charge >= 0.3 is 0 Å². The number of fused-ring (bicyclic) bond motifs is 1. The van der Waals surface area contributed by atoms with Crippen molar-refractivity contribution < 1.29 is 19.4 Å². The Labute approximate surface area is 240 Å². The lowest BCUT2D eigenvalue weighted by atomic mass is 9.76. The van der Waals surface area contributed by atoms with Crippen LogP contribution >= 0.6 is 11.6 Å². The van der Waals surface area contributed by atoms with Crippen molar-refractivity contribution in [3.63, 3.8) is 0 Å². The van der Waals surface area contributed by atoms with Crippen LogP contribution in [-0.4, -0.2) is 117 Å².